The van der Waals surface area contributed by atoms with E-state index in [-0.39, 0.29) is 12.2 Å². The van der Waals surface area contributed by atoms with Crippen molar-refractivity contribution >= 4 is 23.3 Å². The quantitative estimate of drug-likeness (QED) is 0.570. The number of carbonyl (C=O) groups is 3. The summed E-state index contributed by atoms with van der Waals surface area (Å²) in [6, 6.07) is 14.0. The van der Waals surface area contributed by atoms with Gasteiger partial charge < -0.3 is 14.8 Å². The Labute approximate surface area is 158 Å². The van der Waals surface area contributed by atoms with Gasteiger partial charge in [-0.25, -0.2) is 0 Å². The first-order chi connectivity index (χ1) is 12.9. The Kier molecular flexibility index (Phi) is 7.11. The molecule has 142 valence electrons. The molecular formula is C21H23NO5. The van der Waals surface area contributed by atoms with Gasteiger partial charge in [0, 0.05) is 17.7 Å². The van der Waals surface area contributed by atoms with Crippen molar-refractivity contribution in [2.24, 2.45) is 0 Å². The molecule has 0 aliphatic rings. The van der Waals surface area contributed by atoms with Crippen LogP contribution in [0.2, 0.25) is 0 Å². The van der Waals surface area contributed by atoms with Crippen molar-refractivity contribution in [2.75, 3.05) is 12.4 Å². The van der Waals surface area contributed by atoms with Gasteiger partial charge in [-0.3, -0.25) is 14.4 Å². The summed E-state index contributed by atoms with van der Waals surface area (Å²) < 4.78 is 10.4. The van der Waals surface area contributed by atoms with Gasteiger partial charge in [0.25, 0.3) is 5.91 Å². The first kappa shape index (κ1) is 20.2. The minimum atomic E-state index is -0.928. The number of amides is 1. The first-order valence-electron chi connectivity index (χ1n) is 8.64. The van der Waals surface area contributed by atoms with E-state index in [1.165, 1.54) is 13.8 Å². The van der Waals surface area contributed by atoms with Crippen LogP contribution in [0.25, 0.3) is 0 Å². The number of ether oxygens (including phenoxy) is 2. The molecule has 0 saturated carbocycles. The molecule has 6 heteroatoms. The summed E-state index contributed by atoms with van der Waals surface area (Å²) in [6.07, 6.45) is -0.322. The number of para-hydroxylation sites is 1. The number of methoxy groups -OCH3 is 1. The molecular weight excluding hydrogens is 346 g/mol. The molecule has 0 radical (unpaired) electrons. The van der Waals surface area contributed by atoms with Gasteiger partial charge in [0.05, 0.1) is 7.11 Å². The van der Waals surface area contributed by atoms with Crippen molar-refractivity contribution in [1.82, 2.24) is 0 Å². The second kappa shape index (κ2) is 9.52. The smallest absolute Gasteiger partial charge is 0.306 e. The van der Waals surface area contributed by atoms with Crippen LogP contribution in [0.4, 0.5) is 5.69 Å². The molecule has 0 bridgehead atoms. The maximum atomic E-state index is 12.2. The summed E-state index contributed by atoms with van der Waals surface area (Å²) in [5.74, 6) is -0.234. The van der Waals surface area contributed by atoms with Crippen molar-refractivity contribution < 1.29 is 23.9 Å². The van der Waals surface area contributed by atoms with Crippen LogP contribution in [-0.4, -0.2) is 30.9 Å². The third-order valence-corrected chi connectivity index (χ3v) is 4.03. The Balaban J connectivity index is 1.84. The SMILES string of the molecule is COc1ccccc1CCC(=O)O[C@@H](C)C(=O)Nc1ccc(C(C)=O)cc1. The topological polar surface area (TPSA) is 81.7 Å². The molecule has 0 aliphatic carbocycles. The number of carbonyl (C=O) groups excluding carboxylic acids is 3. The Morgan fingerprint density at radius 2 is 1.70 bits per heavy atom. The average Bonchev–Trinajstić information content (AvgIpc) is 2.66. The van der Waals surface area contributed by atoms with Gasteiger partial charge in [0.15, 0.2) is 11.9 Å². The fourth-order valence-electron chi connectivity index (χ4n) is 2.49. The zero-order valence-corrected chi connectivity index (χ0v) is 15.7. The number of rotatable bonds is 8. The summed E-state index contributed by atoms with van der Waals surface area (Å²) in [7, 11) is 1.58. The molecule has 0 aliphatic heterocycles. The molecule has 0 unspecified atom stereocenters. The van der Waals surface area contributed by atoms with Crippen LogP contribution < -0.4 is 10.1 Å². The Hall–Kier alpha value is -3.15. The molecule has 1 atom stereocenters. The number of aryl methyl sites for hydroxylation is 1. The minimum Gasteiger partial charge on any atom is -0.496 e. The van der Waals surface area contributed by atoms with Gasteiger partial charge >= 0.3 is 5.97 Å². The molecule has 0 heterocycles. The van der Waals surface area contributed by atoms with Crippen molar-refractivity contribution in [2.45, 2.75) is 32.8 Å². The van der Waals surface area contributed by atoms with E-state index in [2.05, 4.69) is 5.32 Å². The minimum absolute atomic E-state index is 0.0507. The summed E-state index contributed by atoms with van der Waals surface area (Å²) in [5, 5.41) is 2.66. The Morgan fingerprint density at radius 3 is 2.33 bits per heavy atom. The monoisotopic (exact) mass is 369 g/mol. The van der Waals surface area contributed by atoms with Crippen molar-refractivity contribution in [1.29, 1.82) is 0 Å². The number of anilines is 1. The van der Waals surface area contributed by atoms with E-state index < -0.39 is 18.0 Å². The molecule has 2 rings (SSSR count). The number of benzene rings is 2. The van der Waals surface area contributed by atoms with Gasteiger partial charge in [0.1, 0.15) is 5.75 Å². The molecule has 6 nitrogen and oxygen atoms in total. The lowest BCUT2D eigenvalue weighted by Crippen LogP contribution is -2.30. The van der Waals surface area contributed by atoms with Crippen LogP contribution in [0.3, 0.4) is 0 Å². The lowest BCUT2D eigenvalue weighted by molar-refractivity contribution is -0.153. The van der Waals surface area contributed by atoms with E-state index in [0.29, 0.717) is 23.4 Å². The lowest BCUT2D eigenvalue weighted by Gasteiger charge is -2.14. The normalized spacial score (nSPS) is 11.4. The standard InChI is InChI=1S/C21H23NO5/c1-14(23)16-8-11-18(12-9-16)22-21(25)15(2)27-20(24)13-10-17-6-4-5-7-19(17)26-3/h4-9,11-12,15H,10,13H2,1-3H3,(H,22,25)/t15-/m0/s1. The van der Waals surface area contributed by atoms with Crippen LogP contribution in [0.1, 0.15) is 36.2 Å². The zero-order valence-electron chi connectivity index (χ0n) is 15.7. The molecule has 1 N–H and O–H groups in total. The van der Waals surface area contributed by atoms with E-state index in [0.717, 1.165) is 5.56 Å². The second-order valence-corrected chi connectivity index (χ2v) is 6.07. The summed E-state index contributed by atoms with van der Waals surface area (Å²) >= 11 is 0. The molecule has 0 spiro atoms. The number of esters is 1. The van der Waals surface area contributed by atoms with Crippen LogP contribution in [0.15, 0.2) is 48.5 Å². The van der Waals surface area contributed by atoms with E-state index in [4.69, 9.17) is 9.47 Å². The molecule has 1 amide bonds. The zero-order chi connectivity index (χ0) is 19.8. The van der Waals surface area contributed by atoms with Crippen molar-refractivity contribution in [3.05, 3.63) is 59.7 Å². The molecule has 27 heavy (non-hydrogen) atoms. The maximum absolute atomic E-state index is 12.2. The summed E-state index contributed by atoms with van der Waals surface area (Å²) in [6.45, 7) is 2.99. The van der Waals surface area contributed by atoms with E-state index in [9.17, 15) is 14.4 Å². The Morgan fingerprint density at radius 1 is 1.04 bits per heavy atom. The van der Waals surface area contributed by atoms with Crippen molar-refractivity contribution in [3.63, 3.8) is 0 Å². The van der Waals surface area contributed by atoms with Crippen LogP contribution >= 0.6 is 0 Å². The van der Waals surface area contributed by atoms with E-state index in [1.807, 2.05) is 24.3 Å². The first-order valence-corrected chi connectivity index (χ1v) is 8.64. The number of hydrogen-bond donors (Lipinski definition) is 1. The summed E-state index contributed by atoms with van der Waals surface area (Å²) in [5.41, 5.74) is 1.99. The van der Waals surface area contributed by atoms with Gasteiger partial charge in [-0.05, 0) is 56.2 Å². The maximum Gasteiger partial charge on any atom is 0.306 e. The molecule has 2 aromatic rings. The van der Waals surface area contributed by atoms with Gasteiger partial charge in [-0.1, -0.05) is 18.2 Å². The fraction of sp³-hybridized carbons (Fsp3) is 0.286. The highest BCUT2D eigenvalue weighted by Crippen LogP contribution is 2.19. The lowest BCUT2D eigenvalue weighted by atomic mass is 10.1. The number of Topliss-reactive ketones (excluding diaryl/α,β-unsaturated/α-hetero) is 1. The number of hydrogen-bond acceptors (Lipinski definition) is 5. The van der Waals surface area contributed by atoms with Crippen LogP contribution in [0.5, 0.6) is 5.75 Å². The predicted octanol–water partition coefficient (Wildman–Crippen LogP) is 3.40. The number of nitrogens with one attached hydrogen (secondary N) is 1. The van der Waals surface area contributed by atoms with E-state index in [1.54, 1.807) is 31.4 Å². The highest BCUT2D eigenvalue weighted by atomic mass is 16.5. The average molecular weight is 369 g/mol. The van der Waals surface area contributed by atoms with Crippen molar-refractivity contribution in [3.8, 4) is 5.75 Å². The van der Waals surface area contributed by atoms with Crippen LogP contribution in [0, 0.1) is 0 Å². The predicted molar refractivity (Wildman–Crippen MR) is 102 cm³/mol. The number of ketones is 1. The van der Waals surface area contributed by atoms with Gasteiger partial charge in [-0.2, -0.15) is 0 Å². The molecule has 2 aromatic carbocycles. The highest BCUT2D eigenvalue weighted by molar-refractivity contribution is 5.97. The molecule has 0 saturated heterocycles. The van der Waals surface area contributed by atoms with Crippen LogP contribution in [-0.2, 0) is 20.7 Å². The van der Waals surface area contributed by atoms with E-state index >= 15 is 0 Å². The third-order valence-electron chi connectivity index (χ3n) is 4.03. The summed E-state index contributed by atoms with van der Waals surface area (Å²) in [4.78, 5) is 35.4. The largest absolute Gasteiger partial charge is 0.496 e. The van der Waals surface area contributed by atoms with Gasteiger partial charge in [0.2, 0.25) is 0 Å². The fourth-order valence-corrected chi connectivity index (χ4v) is 2.49. The molecule has 0 aromatic heterocycles. The molecule has 0 fully saturated rings. The van der Waals surface area contributed by atoms with Gasteiger partial charge in [-0.15, -0.1) is 0 Å². The third kappa shape index (κ3) is 5.95. The second-order valence-electron chi connectivity index (χ2n) is 6.07. The highest BCUT2D eigenvalue weighted by Gasteiger charge is 2.18. The Bertz CT molecular complexity index is 814.